The molecular formula is C17H18N2O. The Balaban J connectivity index is 1.94. The van der Waals surface area contributed by atoms with Gasteiger partial charge in [0.2, 0.25) is 0 Å². The maximum absolute atomic E-state index is 9.19. The van der Waals surface area contributed by atoms with Gasteiger partial charge in [0.05, 0.1) is 18.2 Å². The number of nitriles is 1. The summed E-state index contributed by atoms with van der Waals surface area (Å²) < 4.78 is 5.46. The van der Waals surface area contributed by atoms with Gasteiger partial charge in [-0.2, -0.15) is 5.26 Å². The monoisotopic (exact) mass is 266 g/mol. The highest BCUT2D eigenvalue weighted by molar-refractivity contribution is 5.97. The fourth-order valence-corrected chi connectivity index (χ4v) is 2.83. The number of hydrogen-bond donors (Lipinski definition) is 1. The number of fused-ring (bicyclic) bond motifs is 1. The van der Waals surface area contributed by atoms with Gasteiger partial charge in [0.15, 0.2) is 0 Å². The molecule has 0 bridgehead atoms. The van der Waals surface area contributed by atoms with Crippen LogP contribution < -0.4 is 5.32 Å². The molecular weight excluding hydrogens is 248 g/mol. The molecule has 1 aliphatic heterocycles. The summed E-state index contributed by atoms with van der Waals surface area (Å²) in [4.78, 5) is 0. The van der Waals surface area contributed by atoms with Crippen LogP contribution in [-0.4, -0.2) is 19.3 Å². The molecule has 2 aromatic rings. The molecule has 1 fully saturated rings. The summed E-state index contributed by atoms with van der Waals surface area (Å²) in [6.07, 6.45) is 1.11. The van der Waals surface area contributed by atoms with Crippen molar-refractivity contribution in [3.05, 3.63) is 42.0 Å². The number of anilines is 1. The second-order valence-electron chi connectivity index (χ2n) is 5.37. The molecule has 3 nitrogen and oxygen atoms in total. The zero-order valence-corrected chi connectivity index (χ0v) is 11.6. The molecule has 1 N–H and O–H groups in total. The second kappa shape index (κ2) is 5.52. The van der Waals surface area contributed by atoms with Crippen LogP contribution in [0.2, 0.25) is 0 Å². The third-order valence-electron chi connectivity index (χ3n) is 4.10. The Labute approximate surface area is 119 Å². The quantitative estimate of drug-likeness (QED) is 0.924. The lowest BCUT2D eigenvalue weighted by Crippen LogP contribution is -2.26. The largest absolute Gasteiger partial charge is 0.382 e. The Hall–Kier alpha value is -2.05. The van der Waals surface area contributed by atoms with E-state index in [-0.39, 0.29) is 0 Å². The number of nitrogens with zero attached hydrogens (tertiary/aromatic N) is 1. The molecule has 20 heavy (non-hydrogen) atoms. The maximum atomic E-state index is 9.19. The van der Waals surface area contributed by atoms with Crippen molar-refractivity contribution < 1.29 is 4.74 Å². The highest BCUT2D eigenvalue weighted by atomic mass is 16.5. The third-order valence-corrected chi connectivity index (χ3v) is 4.10. The van der Waals surface area contributed by atoms with Gasteiger partial charge in [-0.3, -0.25) is 0 Å². The van der Waals surface area contributed by atoms with Crippen LogP contribution in [0.15, 0.2) is 36.4 Å². The molecule has 1 saturated heterocycles. The van der Waals surface area contributed by atoms with E-state index >= 15 is 0 Å². The summed E-state index contributed by atoms with van der Waals surface area (Å²) in [7, 11) is 0. The Morgan fingerprint density at radius 3 is 2.75 bits per heavy atom. The van der Waals surface area contributed by atoms with Gasteiger partial charge < -0.3 is 10.1 Å². The highest BCUT2D eigenvalue weighted by Crippen LogP contribution is 2.28. The number of hydrogen-bond acceptors (Lipinski definition) is 3. The molecule has 0 saturated carbocycles. The molecule has 3 rings (SSSR count). The molecule has 0 spiro atoms. The molecule has 1 aliphatic rings. The summed E-state index contributed by atoms with van der Waals surface area (Å²) in [6, 6.07) is 14.6. The van der Waals surface area contributed by atoms with Crippen molar-refractivity contribution in [2.45, 2.75) is 19.4 Å². The van der Waals surface area contributed by atoms with E-state index < -0.39 is 0 Å². The van der Waals surface area contributed by atoms with Crippen molar-refractivity contribution >= 4 is 16.5 Å². The molecule has 1 heterocycles. The van der Waals surface area contributed by atoms with E-state index in [9.17, 15) is 5.26 Å². The average molecular weight is 266 g/mol. The van der Waals surface area contributed by atoms with Crippen LogP contribution >= 0.6 is 0 Å². The lowest BCUT2D eigenvalue weighted by molar-refractivity contribution is 0.183. The number of nitrogens with one attached hydrogen (secondary N) is 1. The first-order chi connectivity index (χ1) is 9.79. The van der Waals surface area contributed by atoms with E-state index in [1.165, 1.54) is 0 Å². The third kappa shape index (κ3) is 2.35. The molecule has 2 atom stereocenters. The zero-order valence-electron chi connectivity index (χ0n) is 11.6. The standard InChI is InChI=1S/C17H18N2O/c1-12(14-8-9-20-11-14)19-17-7-6-13(10-18)15-4-2-3-5-16(15)17/h2-7,12,14,19H,8-9,11H2,1H3. The molecule has 0 radical (unpaired) electrons. The van der Waals surface area contributed by atoms with E-state index in [2.05, 4.69) is 24.4 Å². The van der Waals surface area contributed by atoms with Crippen molar-refractivity contribution in [1.29, 1.82) is 5.26 Å². The van der Waals surface area contributed by atoms with Crippen molar-refractivity contribution in [3.63, 3.8) is 0 Å². The Morgan fingerprint density at radius 1 is 1.25 bits per heavy atom. The van der Waals surface area contributed by atoms with Gasteiger partial charge in [-0.1, -0.05) is 24.3 Å². The van der Waals surface area contributed by atoms with E-state index in [0.717, 1.165) is 41.7 Å². The Bertz CT molecular complexity index is 654. The predicted molar refractivity (Wildman–Crippen MR) is 80.7 cm³/mol. The fourth-order valence-electron chi connectivity index (χ4n) is 2.83. The molecule has 0 amide bonds. The first-order valence-corrected chi connectivity index (χ1v) is 7.05. The van der Waals surface area contributed by atoms with Gasteiger partial charge in [0, 0.05) is 35.0 Å². The van der Waals surface area contributed by atoms with Crippen LogP contribution in [0.3, 0.4) is 0 Å². The van der Waals surface area contributed by atoms with E-state index in [1.54, 1.807) is 0 Å². The molecule has 3 heteroatoms. The molecule has 2 unspecified atom stereocenters. The minimum atomic E-state index is 0.369. The van der Waals surface area contributed by atoms with Crippen LogP contribution in [0.4, 0.5) is 5.69 Å². The lowest BCUT2D eigenvalue weighted by Gasteiger charge is -2.21. The minimum Gasteiger partial charge on any atom is -0.382 e. The van der Waals surface area contributed by atoms with Crippen LogP contribution in [0, 0.1) is 17.2 Å². The summed E-state index contributed by atoms with van der Waals surface area (Å²) in [5.74, 6) is 0.560. The maximum Gasteiger partial charge on any atom is 0.0998 e. The summed E-state index contributed by atoms with van der Waals surface area (Å²) in [5.41, 5.74) is 1.82. The number of rotatable bonds is 3. The molecule has 0 aliphatic carbocycles. The number of benzene rings is 2. The first-order valence-electron chi connectivity index (χ1n) is 7.05. The van der Waals surface area contributed by atoms with Crippen molar-refractivity contribution in [2.24, 2.45) is 5.92 Å². The van der Waals surface area contributed by atoms with Crippen molar-refractivity contribution in [3.8, 4) is 6.07 Å². The van der Waals surface area contributed by atoms with Gasteiger partial charge in [0.25, 0.3) is 0 Å². The minimum absolute atomic E-state index is 0.369. The zero-order chi connectivity index (χ0) is 13.9. The van der Waals surface area contributed by atoms with Gasteiger partial charge in [0.1, 0.15) is 0 Å². The van der Waals surface area contributed by atoms with E-state index in [1.807, 2.05) is 30.3 Å². The fraction of sp³-hybridized carbons (Fsp3) is 0.353. The first kappa shape index (κ1) is 13.0. The second-order valence-corrected chi connectivity index (χ2v) is 5.37. The summed E-state index contributed by atoms with van der Waals surface area (Å²) in [5, 5.41) is 14.9. The van der Waals surface area contributed by atoms with Gasteiger partial charge in [-0.15, -0.1) is 0 Å². The highest BCUT2D eigenvalue weighted by Gasteiger charge is 2.22. The van der Waals surface area contributed by atoms with Gasteiger partial charge >= 0.3 is 0 Å². The molecule has 102 valence electrons. The lowest BCUT2D eigenvalue weighted by atomic mass is 9.98. The molecule has 0 aromatic heterocycles. The molecule has 2 aromatic carbocycles. The van der Waals surface area contributed by atoms with Crippen molar-refractivity contribution in [1.82, 2.24) is 0 Å². The summed E-state index contributed by atoms with van der Waals surface area (Å²) in [6.45, 7) is 3.90. The van der Waals surface area contributed by atoms with Crippen LogP contribution in [-0.2, 0) is 4.74 Å². The van der Waals surface area contributed by atoms with Crippen LogP contribution in [0.25, 0.3) is 10.8 Å². The smallest absolute Gasteiger partial charge is 0.0998 e. The van der Waals surface area contributed by atoms with Crippen LogP contribution in [0.1, 0.15) is 18.9 Å². The number of ether oxygens (including phenoxy) is 1. The Kier molecular flexibility index (Phi) is 3.58. The van der Waals surface area contributed by atoms with Gasteiger partial charge in [-0.25, -0.2) is 0 Å². The average Bonchev–Trinajstić information content (AvgIpc) is 3.02. The SMILES string of the molecule is CC(Nc1ccc(C#N)c2ccccc12)C1CCOC1. The summed E-state index contributed by atoms with van der Waals surface area (Å²) >= 11 is 0. The van der Waals surface area contributed by atoms with E-state index in [4.69, 9.17) is 4.74 Å². The van der Waals surface area contributed by atoms with Gasteiger partial charge in [-0.05, 0) is 25.5 Å². The normalized spacial score (nSPS) is 19.7. The van der Waals surface area contributed by atoms with Crippen LogP contribution in [0.5, 0.6) is 0 Å². The van der Waals surface area contributed by atoms with Crippen molar-refractivity contribution in [2.75, 3.05) is 18.5 Å². The van der Waals surface area contributed by atoms with E-state index in [0.29, 0.717) is 12.0 Å². The Morgan fingerprint density at radius 2 is 2.05 bits per heavy atom. The predicted octanol–water partition coefficient (Wildman–Crippen LogP) is 3.55. The topological polar surface area (TPSA) is 45.0 Å².